The fourth-order valence-electron chi connectivity index (χ4n) is 3.14. The molecule has 0 amide bonds. The molecule has 0 radical (unpaired) electrons. The molecule has 0 aliphatic carbocycles. The van der Waals surface area contributed by atoms with Crippen LogP contribution < -0.4 is 9.47 Å². The highest BCUT2D eigenvalue weighted by Crippen LogP contribution is 2.34. The van der Waals surface area contributed by atoms with Gasteiger partial charge in [0.05, 0.1) is 41.1 Å². The summed E-state index contributed by atoms with van der Waals surface area (Å²) in [4.78, 5) is 8.57. The van der Waals surface area contributed by atoms with Crippen LogP contribution in [0.2, 0.25) is 0 Å². The minimum atomic E-state index is -3.01. The Morgan fingerprint density at radius 1 is 1.13 bits per heavy atom. The molecule has 0 atom stereocenters. The average Bonchev–Trinajstić information content (AvgIpc) is 3.32. The van der Waals surface area contributed by atoms with Crippen LogP contribution >= 0.6 is 0 Å². The molecule has 0 aromatic carbocycles. The Kier molecular flexibility index (Phi) is 5.00. The number of pyridine rings is 2. The first-order chi connectivity index (χ1) is 14.7. The second-order valence-electron chi connectivity index (χ2n) is 7.88. The number of aromatic hydroxyl groups is 1. The monoisotopic (exact) mass is 429 g/mol. The van der Waals surface area contributed by atoms with E-state index in [0.717, 1.165) is 0 Å². The molecule has 1 N–H and O–H groups in total. The molecule has 0 aliphatic rings. The van der Waals surface area contributed by atoms with Crippen molar-refractivity contribution in [3.8, 4) is 34.5 Å². The molecule has 4 heterocycles. The lowest BCUT2D eigenvalue weighted by atomic mass is 10.1. The number of alkyl halides is 2. The summed E-state index contributed by atoms with van der Waals surface area (Å²) in [6.07, 6.45) is 6.63. The van der Waals surface area contributed by atoms with Crippen LogP contribution in [-0.4, -0.2) is 43.1 Å². The maximum atomic E-state index is 12.7. The zero-order valence-electron chi connectivity index (χ0n) is 17.4. The molecular formula is C21H21F2N5O3. The average molecular weight is 429 g/mol. The number of aromatic nitrogens is 5. The lowest BCUT2D eigenvalue weighted by Gasteiger charge is -2.18. The van der Waals surface area contributed by atoms with E-state index in [9.17, 15) is 13.9 Å². The number of fused-ring (bicyclic) bond motifs is 1. The minimum absolute atomic E-state index is 0.0251. The Morgan fingerprint density at radius 3 is 2.55 bits per heavy atom. The van der Waals surface area contributed by atoms with Crippen LogP contribution in [-0.2, 0) is 5.54 Å². The third-order valence-corrected chi connectivity index (χ3v) is 4.70. The lowest BCUT2D eigenvalue weighted by Crippen LogP contribution is -2.21. The summed E-state index contributed by atoms with van der Waals surface area (Å²) in [5.74, 6) is -0.214. The Hall–Kier alpha value is -3.69. The number of hydrogen-bond acceptors (Lipinski definition) is 6. The lowest BCUT2D eigenvalue weighted by molar-refractivity contribution is -0.0515. The van der Waals surface area contributed by atoms with Gasteiger partial charge < -0.3 is 14.6 Å². The van der Waals surface area contributed by atoms with Crippen molar-refractivity contribution in [1.29, 1.82) is 0 Å². The van der Waals surface area contributed by atoms with E-state index in [4.69, 9.17) is 4.74 Å². The zero-order chi connectivity index (χ0) is 22.3. The molecule has 0 saturated heterocycles. The molecule has 0 aliphatic heterocycles. The van der Waals surface area contributed by atoms with Crippen molar-refractivity contribution in [2.45, 2.75) is 32.9 Å². The van der Waals surface area contributed by atoms with Crippen molar-refractivity contribution in [1.82, 2.24) is 24.3 Å². The Bertz CT molecular complexity index is 1240. The molecule has 0 saturated carbocycles. The molecular weight excluding hydrogens is 408 g/mol. The summed E-state index contributed by atoms with van der Waals surface area (Å²) in [5, 5.41) is 15.6. The van der Waals surface area contributed by atoms with Gasteiger partial charge in [0.2, 0.25) is 5.88 Å². The highest BCUT2D eigenvalue weighted by molar-refractivity contribution is 5.87. The van der Waals surface area contributed by atoms with Gasteiger partial charge in [-0.1, -0.05) is 0 Å². The van der Waals surface area contributed by atoms with Crippen LogP contribution in [0.25, 0.3) is 27.8 Å². The van der Waals surface area contributed by atoms with Crippen LogP contribution in [0.4, 0.5) is 8.78 Å². The van der Waals surface area contributed by atoms with Crippen molar-refractivity contribution in [2.75, 3.05) is 7.11 Å². The van der Waals surface area contributed by atoms with E-state index in [1.54, 1.807) is 33.8 Å². The van der Waals surface area contributed by atoms with Crippen molar-refractivity contribution in [3.05, 3.63) is 43.0 Å². The van der Waals surface area contributed by atoms with Gasteiger partial charge >= 0.3 is 6.61 Å². The van der Waals surface area contributed by atoms with Gasteiger partial charge in [0.15, 0.2) is 5.75 Å². The third-order valence-electron chi connectivity index (χ3n) is 4.70. The Balaban J connectivity index is 1.75. The number of nitrogens with zero attached hydrogens (tertiary/aromatic N) is 5. The van der Waals surface area contributed by atoms with E-state index in [-0.39, 0.29) is 23.0 Å². The summed E-state index contributed by atoms with van der Waals surface area (Å²) < 4.78 is 38.3. The van der Waals surface area contributed by atoms with Crippen molar-refractivity contribution in [3.63, 3.8) is 0 Å². The number of hydrogen-bond donors (Lipinski definition) is 1. The van der Waals surface area contributed by atoms with Crippen LogP contribution in [0.1, 0.15) is 20.8 Å². The van der Waals surface area contributed by atoms with Gasteiger partial charge in [-0.2, -0.15) is 13.9 Å². The summed E-state index contributed by atoms with van der Waals surface area (Å²) in [7, 11) is 1.32. The number of halogens is 2. The van der Waals surface area contributed by atoms with Crippen LogP contribution in [0.3, 0.4) is 0 Å². The van der Waals surface area contributed by atoms with Crippen molar-refractivity contribution < 1.29 is 23.4 Å². The molecule has 31 heavy (non-hydrogen) atoms. The number of methoxy groups -OCH3 is 1. The molecule has 8 nitrogen and oxygen atoms in total. The normalized spacial score (nSPS) is 12.0. The van der Waals surface area contributed by atoms with Crippen molar-refractivity contribution >= 4 is 10.9 Å². The zero-order valence-corrected chi connectivity index (χ0v) is 17.4. The Morgan fingerprint density at radius 2 is 1.90 bits per heavy atom. The first kappa shape index (κ1) is 20.6. The van der Waals surface area contributed by atoms with Gasteiger partial charge in [-0.25, -0.2) is 9.97 Å². The van der Waals surface area contributed by atoms with Gasteiger partial charge in [0.1, 0.15) is 0 Å². The van der Waals surface area contributed by atoms with Gasteiger partial charge in [-0.3, -0.25) is 9.25 Å². The smallest absolute Gasteiger partial charge is 0.387 e. The molecule has 10 heteroatoms. The predicted octanol–water partition coefficient (Wildman–Crippen LogP) is 4.35. The van der Waals surface area contributed by atoms with Gasteiger partial charge in [0, 0.05) is 24.2 Å². The SMILES string of the molecule is COc1ncc(-c2ccc3c(O)n(-c4cnn(C(C)(C)C)c4)cc3n2)cc1OC(F)F. The summed E-state index contributed by atoms with van der Waals surface area (Å²) >= 11 is 0. The quantitative estimate of drug-likeness (QED) is 0.507. The largest absolute Gasteiger partial charge is 0.494 e. The maximum absolute atomic E-state index is 12.7. The number of rotatable bonds is 5. The third kappa shape index (κ3) is 3.88. The van der Waals surface area contributed by atoms with E-state index >= 15 is 0 Å². The molecule has 4 aromatic rings. The molecule has 0 spiro atoms. The van der Waals surface area contributed by atoms with E-state index in [1.165, 1.54) is 19.4 Å². The molecule has 4 rings (SSSR count). The van der Waals surface area contributed by atoms with Gasteiger partial charge in [-0.15, -0.1) is 0 Å². The first-order valence-electron chi connectivity index (χ1n) is 9.43. The maximum Gasteiger partial charge on any atom is 0.387 e. The Labute approximate surface area is 176 Å². The topological polar surface area (TPSA) is 87.2 Å². The van der Waals surface area contributed by atoms with Crippen LogP contribution in [0.15, 0.2) is 43.0 Å². The fourth-order valence-corrected chi connectivity index (χ4v) is 3.14. The minimum Gasteiger partial charge on any atom is -0.494 e. The summed E-state index contributed by atoms with van der Waals surface area (Å²) in [6.45, 7) is 3.07. The predicted molar refractivity (Wildman–Crippen MR) is 110 cm³/mol. The molecule has 0 bridgehead atoms. The van der Waals surface area contributed by atoms with E-state index in [0.29, 0.717) is 27.8 Å². The molecule has 162 valence electrons. The second kappa shape index (κ2) is 7.53. The summed E-state index contributed by atoms with van der Waals surface area (Å²) in [6, 6.07) is 4.76. The van der Waals surface area contributed by atoms with E-state index < -0.39 is 6.61 Å². The second-order valence-corrected chi connectivity index (χ2v) is 7.88. The van der Waals surface area contributed by atoms with Gasteiger partial charge in [-0.05, 0) is 39.0 Å². The van der Waals surface area contributed by atoms with Crippen molar-refractivity contribution in [2.24, 2.45) is 0 Å². The van der Waals surface area contributed by atoms with Crippen LogP contribution in [0.5, 0.6) is 17.5 Å². The molecule has 0 fully saturated rings. The highest BCUT2D eigenvalue weighted by Gasteiger charge is 2.18. The van der Waals surface area contributed by atoms with Gasteiger partial charge in [0.25, 0.3) is 5.88 Å². The molecule has 4 aromatic heterocycles. The number of ether oxygens (including phenoxy) is 2. The highest BCUT2D eigenvalue weighted by atomic mass is 19.3. The van der Waals surface area contributed by atoms with E-state index in [2.05, 4.69) is 19.8 Å². The summed E-state index contributed by atoms with van der Waals surface area (Å²) in [5.41, 5.74) is 1.94. The van der Waals surface area contributed by atoms with Crippen LogP contribution in [0, 0.1) is 0 Å². The standard InChI is InChI=1S/C21H21F2N5O3/c1-21(2,3)28-10-13(9-25-28)27-11-16-14(19(27)29)5-6-15(26-16)12-7-17(31-20(22)23)18(30-4)24-8-12/h5-11,20,29H,1-4H3. The van der Waals surface area contributed by atoms with E-state index in [1.807, 2.05) is 27.0 Å². The fraction of sp³-hybridized carbons (Fsp3) is 0.286. The molecule has 0 unspecified atom stereocenters. The first-order valence-corrected chi connectivity index (χ1v) is 9.43.